The third-order valence-corrected chi connectivity index (χ3v) is 6.03. The molecule has 2 aromatic carbocycles. The molecule has 1 aliphatic heterocycles. The number of hydrogen-bond donors (Lipinski definition) is 2. The van der Waals surface area contributed by atoms with Crippen molar-refractivity contribution < 1.29 is 23.3 Å². The maximum Gasteiger partial charge on any atom is 0.238 e. The van der Waals surface area contributed by atoms with E-state index in [1.165, 1.54) is 30.4 Å². The molecule has 3 aromatic heterocycles. The van der Waals surface area contributed by atoms with E-state index in [9.17, 15) is 0 Å². The van der Waals surface area contributed by atoms with Crippen molar-refractivity contribution in [2.45, 2.75) is 6.10 Å². The predicted molar refractivity (Wildman–Crippen MR) is 139 cm³/mol. The summed E-state index contributed by atoms with van der Waals surface area (Å²) in [5, 5.41) is 19.1. The number of benzene rings is 2. The quantitative estimate of drug-likeness (QED) is 0.290. The van der Waals surface area contributed by atoms with Gasteiger partial charge in [-0.2, -0.15) is 5.10 Å². The Morgan fingerprint density at radius 3 is 2.67 bits per heavy atom. The number of methoxy groups -OCH3 is 2. The van der Waals surface area contributed by atoms with Crippen molar-refractivity contribution in [2.75, 3.05) is 32.6 Å². The minimum atomic E-state index is -0.539. The van der Waals surface area contributed by atoms with Crippen molar-refractivity contribution in [1.29, 1.82) is 0 Å². The lowest BCUT2D eigenvalue weighted by atomic mass is 10.2. The second-order valence-corrected chi connectivity index (χ2v) is 8.56. The van der Waals surface area contributed by atoms with Crippen molar-refractivity contribution in [3.05, 3.63) is 67.0 Å². The van der Waals surface area contributed by atoms with Crippen LogP contribution in [-0.2, 0) is 0 Å². The SMILES string of the molecule is COc1cnnc(-n2ccc(Oc3ccc(Nc4ncnc5cc(OC)c(OC6CNC6)cc45)c(F)c3)n2)c1. The normalized spacial score (nSPS) is 13.1. The van der Waals surface area contributed by atoms with Gasteiger partial charge in [0, 0.05) is 48.9 Å². The van der Waals surface area contributed by atoms with Crippen LogP contribution in [0, 0.1) is 5.82 Å². The number of aromatic nitrogens is 6. The standard InChI is InChI=1S/C26H23FN8O4/c1-36-16-8-24(33-31-13-16)35-6-5-25(34-35)39-15-3-4-20(19(27)7-15)32-26-18-9-23(38-17-11-28-12-17)22(37-2)10-21(18)29-14-30-26/h3-10,13-14,17,28H,11-12H2,1-2H3,(H,29,30,32). The van der Waals surface area contributed by atoms with Gasteiger partial charge in [-0.05, 0) is 18.2 Å². The average Bonchev–Trinajstić information content (AvgIpc) is 3.40. The molecule has 12 nitrogen and oxygen atoms in total. The Morgan fingerprint density at radius 1 is 1.00 bits per heavy atom. The van der Waals surface area contributed by atoms with Crippen molar-refractivity contribution in [3.63, 3.8) is 0 Å². The highest BCUT2D eigenvalue weighted by Crippen LogP contribution is 2.36. The van der Waals surface area contributed by atoms with Crippen LogP contribution in [-0.4, -0.2) is 63.4 Å². The van der Waals surface area contributed by atoms with Gasteiger partial charge in [0.15, 0.2) is 17.3 Å². The molecular weight excluding hydrogens is 507 g/mol. The lowest BCUT2D eigenvalue weighted by Gasteiger charge is -2.28. The summed E-state index contributed by atoms with van der Waals surface area (Å²) in [6.45, 7) is 1.51. The number of hydrogen-bond acceptors (Lipinski definition) is 11. The first-order valence-corrected chi connectivity index (χ1v) is 12.0. The Kier molecular flexibility index (Phi) is 6.47. The van der Waals surface area contributed by atoms with Crippen molar-refractivity contribution >= 4 is 22.4 Å². The zero-order chi connectivity index (χ0) is 26.8. The number of ether oxygens (including phenoxy) is 4. The van der Waals surface area contributed by atoms with Gasteiger partial charge in [0.05, 0.1) is 31.6 Å². The van der Waals surface area contributed by atoms with Gasteiger partial charge in [0.2, 0.25) is 5.88 Å². The van der Waals surface area contributed by atoms with Crippen LogP contribution in [0.4, 0.5) is 15.9 Å². The second kappa shape index (κ2) is 10.4. The van der Waals surface area contributed by atoms with E-state index >= 15 is 4.39 Å². The molecule has 0 saturated carbocycles. The fourth-order valence-electron chi connectivity index (χ4n) is 3.90. The topological polar surface area (TPSA) is 130 Å². The van der Waals surface area contributed by atoms with E-state index in [1.807, 2.05) is 0 Å². The van der Waals surface area contributed by atoms with Gasteiger partial charge in [0.1, 0.15) is 35.6 Å². The van der Waals surface area contributed by atoms with Gasteiger partial charge < -0.3 is 29.6 Å². The molecule has 1 aliphatic rings. The lowest BCUT2D eigenvalue weighted by Crippen LogP contribution is -2.50. The number of anilines is 2. The number of nitrogens with one attached hydrogen (secondary N) is 2. The van der Waals surface area contributed by atoms with Crippen LogP contribution >= 0.6 is 0 Å². The van der Waals surface area contributed by atoms with Crippen molar-refractivity contribution in [1.82, 2.24) is 35.3 Å². The molecule has 13 heteroatoms. The number of fused-ring (bicyclic) bond motifs is 1. The summed E-state index contributed by atoms with van der Waals surface area (Å²) in [7, 11) is 3.11. The Hall–Kier alpha value is -5.04. The zero-order valence-corrected chi connectivity index (χ0v) is 21.0. The molecule has 6 rings (SSSR count). The van der Waals surface area contributed by atoms with Crippen LogP contribution in [0.15, 0.2) is 61.2 Å². The Morgan fingerprint density at radius 2 is 1.90 bits per heavy atom. The van der Waals surface area contributed by atoms with Gasteiger partial charge in [-0.25, -0.2) is 19.0 Å². The molecule has 198 valence electrons. The van der Waals surface area contributed by atoms with Crippen LogP contribution in [0.2, 0.25) is 0 Å². The Bertz CT molecular complexity index is 1640. The molecule has 0 aliphatic carbocycles. The number of halogens is 1. The molecule has 2 N–H and O–H groups in total. The van der Waals surface area contributed by atoms with E-state index in [4.69, 9.17) is 18.9 Å². The van der Waals surface area contributed by atoms with Gasteiger partial charge in [0.25, 0.3) is 0 Å². The van der Waals surface area contributed by atoms with Gasteiger partial charge in [-0.1, -0.05) is 0 Å². The molecule has 1 fully saturated rings. The van der Waals surface area contributed by atoms with Gasteiger partial charge in [-0.15, -0.1) is 10.2 Å². The van der Waals surface area contributed by atoms with Gasteiger partial charge in [-0.3, -0.25) is 0 Å². The third kappa shape index (κ3) is 5.07. The Balaban J connectivity index is 1.21. The Labute approximate surface area is 221 Å². The summed E-state index contributed by atoms with van der Waals surface area (Å²) in [4.78, 5) is 8.65. The molecule has 0 radical (unpaired) electrons. The summed E-state index contributed by atoms with van der Waals surface area (Å²) < 4.78 is 39.0. The highest BCUT2D eigenvalue weighted by atomic mass is 19.1. The first-order valence-electron chi connectivity index (χ1n) is 12.0. The molecule has 39 heavy (non-hydrogen) atoms. The second-order valence-electron chi connectivity index (χ2n) is 8.56. The largest absolute Gasteiger partial charge is 0.495 e. The molecule has 0 unspecified atom stereocenters. The monoisotopic (exact) mass is 530 g/mol. The lowest BCUT2D eigenvalue weighted by molar-refractivity contribution is 0.137. The molecule has 0 atom stereocenters. The average molecular weight is 531 g/mol. The summed E-state index contributed by atoms with van der Waals surface area (Å²) in [5.41, 5.74) is 0.834. The molecule has 4 heterocycles. The van der Waals surface area contributed by atoms with Crippen LogP contribution in [0.1, 0.15) is 0 Å². The molecule has 0 spiro atoms. The third-order valence-electron chi connectivity index (χ3n) is 6.03. The van der Waals surface area contributed by atoms with Crippen LogP contribution < -0.4 is 29.6 Å². The summed E-state index contributed by atoms with van der Waals surface area (Å²) in [6, 6.07) is 11.3. The predicted octanol–water partition coefficient (Wildman–Crippen LogP) is 3.65. The minimum Gasteiger partial charge on any atom is -0.495 e. The van der Waals surface area contributed by atoms with E-state index < -0.39 is 5.82 Å². The summed E-state index contributed by atoms with van der Waals surface area (Å²) >= 11 is 0. The van der Waals surface area contributed by atoms with E-state index in [0.717, 1.165) is 13.1 Å². The van der Waals surface area contributed by atoms with Gasteiger partial charge >= 0.3 is 0 Å². The fourth-order valence-corrected chi connectivity index (χ4v) is 3.90. The number of rotatable bonds is 9. The molecule has 5 aromatic rings. The first-order chi connectivity index (χ1) is 19.1. The molecule has 0 bridgehead atoms. The molecular formula is C26H23FN8O4. The number of nitrogens with zero attached hydrogens (tertiary/aromatic N) is 6. The summed E-state index contributed by atoms with van der Waals surface area (Å²) in [6.07, 6.45) is 4.60. The maximum absolute atomic E-state index is 15.1. The zero-order valence-electron chi connectivity index (χ0n) is 21.0. The smallest absolute Gasteiger partial charge is 0.238 e. The summed E-state index contributed by atoms with van der Waals surface area (Å²) in [5.74, 6) is 2.52. The van der Waals surface area contributed by atoms with E-state index in [2.05, 4.69) is 35.9 Å². The van der Waals surface area contributed by atoms with E-state index in [-0.39, 0.29) is 23.4 Å². The molecule has 1 saturated heterocycles. The van der Waals surface area contributed by atoms with Crippen LogP contribution in [0.3, 0.4) is 0 Å². The highest BCUT2D eigenvalue weighted by Gasteiger charge is 2.21. The molecule has 0 amide bonds. The highest BCUT2D eigenvalue weighted by molar-refractivity contribution is 5.93. The van der Waals surface area contributed by atoms with E-state index in [1.54, 1.807) is 49.7 Å². The van der Waals surface area contributed by atoms with Crippen LogP contribution in [0.5, 0.6) is 28.9 Å². The van der Waals surface area contributed by atoms with Crippen molar-refractivity contribution in [3.8, 4) is 34.7 Å². The van der Waals surface area contributed by atoms with Crippen molar-refractivity contribution in [2.24, 2.45) is 0 Å². The maximum atomic E-state index is 15.1. The fraction of sp³-hybridized carbons (Fsp3) is 0.192. The van der Waals surface area contributed by atoms with E-state index in [0.29, 0.717) is 39.8 Å². The van der Waals surface area contributed by atoms with Crippen LogP contribution in [0.25, 0.3) is 16.7 Å². The minimum absolute atomic E-state index is 0.0530. The first kappa shape index (κ1) is 24.3.